The molecule has 1 N–H and O–H groups in total. The van der Waals surface area contributed by atoms with Crippen molar-refractivity contribution in [2.75, 3.05) is 39.4 Å². The highest BCUT2D eigenvalue weighted by Gasteiger charge is 2.26. The molecule has 0 aromatic rings. The van der Waals surface area contributed by atoms with Crippen LogP contribution in [-0.2, 0) is 9.53 Å². The van der Waals surface area contributed by atoms with Crippen molar-refractivity contribution in [1.29, 1.82) is 0 Å². The van der Waals surface area contributed by atoms with Gasteiger partial charge in [-0.2, -0.15) is 0 Å². The third-order valence-electron chi connectivity index (χ3n) is 3.48. The van der Waals surface area contributed by atoms with Gasteiger partial charge in [-0.1, -0.05) is 6.92 Å². The van der Waals surface area contributed by atoms with Crippen molar-refractivity contribution in [2.45, 2.75) is 19.8 Å². The van der Waals surface area contributed by atoms with Crippen LogP contribution in [0.4, 0.5) is 0 Å². The van der Waals surface area contributed by atoms with Crippen LogP contribution in [0, 0.1) is 11.8 Å². The average Bonchev–Trinajstić information content (AvgIpc) is 2.46. The second-order valence-electron chi connectivity index (χ2n) is 4.97. The lowest BCUT2D eigenvalue weighted by atomic mass is 10.0. The van der Waals surface area contributed by atoms with Gasteiger partial charge in [0.2, 0.25) is 5.91 Å². The van der Waals surface area contributed by atoms with E-state index in [0.717, 1.165) is 45.8 Å². The fourth-order valence-electron chi connectivity index (χ4n) is 2.49. The first-order valence-electron chi connectivity index (χ1n) is 6.34. The lowest BCUT2D eigenvalue weighted by Crippen LogP contribution is -2.40. The van der Waals surface area contributed by atoms with Gasteiger partial charge in [-0.05, 0) is 18.8 Å². The number of carbonyl (C=O) groups excluding carboxylic acids is 1. The van der Waals surface area contributed by atoms with E-state index in [1.807, 2.05) is 11.8 Å². The molecule has 0 bridgehead atoms. The fraction of sp³-hybridized carbons (Fsp3) is 0.917. The largest absolute Gasteiger partial charge is 0.381 e. The van der Waals surface area contributed by atoms with Crippen LogP contribution in [0.3, 0.4) is 0 Å². The molecule has 2 aliphatic rings. The Kier molecular flexibility index (Phi) is 4.18. The molecule has 4 heteroatoms. The predicted octanol–water partition coefficient (Wildman–Crippen LogP) is 0.481. The molecule has 0 saturated carbocycles. The van der Waals surface area contributed by atoms with Crippen molar-refractivity contribution in [3.05, 3.63) is 0 Å². The number of carbonyl (C=O) groups is 1. The minimum atomic E-state index is 0.118. The van der Waals surface area contributed by atoms with Gasteiger partial charge >= 0.3 is 0 Å². The molecular weight excluding hydrogens is 204 g/mol. The van der Waals surface area contributed by atoms with Crippen LogP contribution < -0.4 is 5.32 Å². The van der Waals surface area contributed by atoms with Crippen LogP contribution >= 0.6 is 0 Å². The molecule has 2 heterocycles. The summed E-state index contributed by atoms with van der Waals surface area (Å²) in [7, 11) is 0. The van der Waals surface area contributed by atoms with Crippen LogP contribution in [0.5, 0.6) is 0 Å². The lowest BCUT2D eigenvalue weighted by molar-refractivity contribution is -0.135. The standard InChI is InChI=1S/C12H22N2O2/c1-10-7-13-4-5-14(12(10)15)8-11-3-2-6-16-9-11/h10-11,13H,2-9H2,1H3. The summed E-state index contributed by atoms with van der Waals surface area (Å²) in [5, 5.41) is 3.30. The molecule has 16 heavy (non-hydrogen) atoms. The topological polar surface area (TPSA) is 41.6 Å². The maximum Gasteiger partial charge on any atom is 0.226 e. The zero-order valence-electron chi connectivity index (χ0n) is 10.1. The van der Waals surface area contributed by atoms with Crippen molar-refractivity contribution in [3.8, 4) is 0 Å². The van der Waals surface area contributed by atoms with Gasteiger partial charge in [0.05, 0.1) is 6.61 Å². The molecule has 0 spiro atoms. The minimum absolute atomic E-state index is 0.118. The van der Waals surface area contributed by atoms with Gasteiger partial charge < -0.3 is 15.0 Å². The first kappa shape index (κ1) is 11.9. The molecule has 0 radical (unpaired) electrons. The molecule has 1 amide bonds. The van der Waals surface area contributed by atoms with Gasteiger partial charge in [-0.15, -0.1) is 0 Å². The van der Waals surface area contributed by atoms with Gasteiger partial charge in [0.1, 0.15) is 0 Å². The summed E-state index contributed by atoms with van der Waals surface area (Å²) in [6.07, 6.45) is 2.34. The second kappa shape index (κ2) is 5.64. The molecule has 2 unspecified atom stereocenters. The highest BCUT2D eigenvalue weighted by molar-refractivity contribution is 5.79. The fourth-order valence-corrected chi connectivity index (χ4v) is 2.49. The highest BCUT2D eigenvalue weighted by atomic mass is 16.5. The third-order valence-corrected chi connectivity index (χ3v) is 3.48. The Hall–Kier alpha value is -0.610. The van der Waals surface area contributed by atoms with E-state index in [1.165, 1.54) is 6.42 Å². The first-order valence-corrected chi connectivity index (χ1v) is 6.34. The summed E-state index contributed by atoms with van der Waals surface area (Å²) in [6.45, 7) is 7.18. The van der Waals surface area contributed by atoms with Gasteiger partial charge in [-0.25, -0.2) is 0 Å². The third kappa shape index (κ3) is 2.95. The summed E-state index contributed by atoms with van der Waals surface area (Å²) in [4.78, 5) is 14.1. The van der Waals surface area contributed by atoms with E-state index >= 15 is 0 Å². The van der Waals surface area contributed by atoms with Gasteiger partial charge in [0, 0.05) is 38.7 Å². The van der Waals surface area contributed by atoms with Gasteiger partial charge in [0.15, 0.2) is 0 Å². The Morgan fingerprint density at radius 3 is 3.19 bits per heavy atom. The monoisotopic (exact) mass is 226 g/mol. The number of ether oxygens (including phenoxy) is 1. The van der Waals surface area contributed by atoms with Crippen LogP contribution in [0.25, 0.3) is 0 Å². The number of amides is 1. The van der Waals surface area contributed by atoms with E-state index in [9.17, 15) is 4.79 Å². The maximum atomic E-state index is 12.1. The average molecular weight is 226 g/mol. The van der Waals surface area contributed by atoms with E-state index in [2.05, 4.69) is 5.32 Å². The lowest BCUT2D eigenvalue weighted by Gasteiger charge is -2.29. The normalized spacial score (nSPS) is 32.6. The van der Waals surface area contributed by atoms with E-state index in [-0.39, 0.29) is 5.92 Å². The molecule has 0 aliphatic carbocycles. The number of hydrogen-bond donors (Lipinski definition) is 1. The van der Waals surface area contributed by atoms with Crippen molar-refractivity contribution in [2.24, 2.45) is 11.8 Å². The summed E-state index contributed by atoms with van der Waals surface area (Å²) in [6, 6.07) is 0. The molecular formula is C12H22N2O2. The number of rotatable bonds is 2. The van der Waals surface area contributed by atoms with Crippen LogP contribution in [0.1, 0.15) is 19.8 Å². The van der Waals surface area contributed by atoms with Gasteiger partial charge in [0.25, 0.3) is 0 Å². The molecule has 2 aliphatic heterocycles. The molecule has 92 valence electrons. The molecule has 0 aromatic carbocycles. The Bertz CT molecular complexity index is 239. The minimum Gasteiger partial charge on any atom is -0.381 e. The Balaban J connectivity index is 1.88. The zero-order valence-corrected chi connectivity index (χ0v) is 10.1. The molecule has 2 atom stereocenters. The number of nitrogens with one attached hydrogen (secondary N) is 1. The summed E-state index contributed by atoms with van der Waals surface area (Å²) < 4.78 is 5.46. The second-order valence-corrected chi connectivity index (χ2v) is 4.97. The summed E-state index contributed by atoms with van der Waals surface area (Å²) in [5.74, 6) is 0.964. The smallest absolute Gasteiger partial charge is 0.226 e. The van der Waals surface area contributed by atoms with Crippen LogP contribution in [0.2, 0.25) is 0 Å². The van der Waals surface area contributed by atoms with Crippen LogP contribution in [-0.4, -0.2) is 50.2 Å². The highest BCUT2D eigenvalue weighted by Crippen LogP contribution is 2.16. The molecule has 2 saturated heterocycles. The predicted molar refractivity (Wildman–Crippen MR) is 62.2 cm³/mol. The van der Waals surface area contributed by atoms with Gasteiger partial charge in [-0.3, -0.25) is 4.79 Å². The Morgan fingerprint density at radius 2 is 2.44 bits per heavy atom. The van der Waals surface area contributed by atoms with E-state index in [4.69, 9.17) is 4.74 Å². The van der Waals surface area contributed by atoms with Crippen molar-refractivity contribution in [3.63, 3.8) is 0 Å². The number of nitrogens with zero attached hydrogens (tertiary/aromatic N) is 1. The Labute approximate surface area is 97.3 Å². The van der Waals surface area contributed by atoms with Crippen molar-refractivity contribution < 1.29 is 9.53 Å². The maximum absolute atomic E-state index is 12.1. The van der Waals surface area contributed by atoms with Crippen molar-refractivity contribution >= 4 is 5.91 Å². The van der Waals surface area contributed by atoms with Crippen LogP contribution in [0.15, 0.2) is 0 Å². The molecule has 0 aromatic heterocycles. The quantitative estimate of drug-likeness (QED) is 0.744. The molecule has 4 nitrogen and oxygen atoms in total. The molecule has 2 rings (SSSR count). The SMILES string of the molecule is CC1CNCCN(CC2CCCOC2)C1=O. The van der Waals surface area contributed by atoms with E-state index < -0.39 is 0 Å². The van der Waals surface area contributed by atoms with Crippen molar-refractivity contribution in [1.82, 2.24) is 10.2 Å². The summed E-state index contributed by atoms with van der Waals surface area (Å²) in [5.41, 5.74) is 0. The summed E-state index contributed by atoms with van der Waals surface area (Å²) >= 11 is 0. The molecule has 2 fully saturated rings. The van der Waals surface area contributed by atoms with E-state index in [0.29, 0.717) is 11.8 Å². The first-order chi connectivity index (χ1) is 7.77. The number of hydrogen-bond acceptors (Lipinski definition) is 3. The Morgan fingerprint density at radius 1 is 1.56 bits per heavy atom. The van der Waals surface area contributed by atoms with E-state index in [1.54, 1.807) is 0 Å². The zero-order chi connectivity index (χ0) is 11.4.